The van der Waals surface area contributed by atoms with Gasteiger partial charge in [-0.2, -0.15) is 0 Å². The summed E-state index contributed by atoms with van der Waals surface area (Å²) in [6.45, 7) is 10.1. The van der Waals surface area contributed by atoms with E-state index in [1.807, 2.05) is 0 Å². The molecule has 0 aliphatic heterocycles. The van der Waals surface area contributed by atoms with Crippen LogP contribution in [0.4, 0.5) is 0 Å². The maximum absolute atomic E-state index is 10.1. The summed E-state index contributed by atoms with van der Waals surface area (Å²) in [5, 5.41) is 10.1. The fourth-order valence-electron chi connectivity index (χ4n) is 6.47. The zero-order valence-corrected chi connectivity index (χ0v) is 15.2. The van der Waals surface area contributed by atoms with Crippen molar-refractivity contribution >= 4 is 0 Å². The van der Waals surface area contributed by atoms with E-state index < -0.39 is 0 Å². The Kier molecular flexibility index (Phi) is 4.40. The first-order valence-corrected chi connectivity index (χ1v) is 9.61. The molecule has 2 nitrogen and oxygen atoms in total. The molecule has 22 heavy (non-hydrogen) atoms. The third-order valence-electron chi connectivity index (χ3n) is 7.32. The van der Waals surface area contributed by atoms with Crippen LogP contribution in [-0.2, 0) is 4.74 Å². The molecule has 3 fully saturated rings. The van der Waals surface area contributed by atoms with E-state index in [0.29, 0.717) is 29.0 Å². The fourth-order valence-corrected chi connectivity index (χ4v) is 6.47. The minimum atomic E-state index is -0.276. The molecule has 2 heteroatoms. The molecule has 128 valence electrons. The van der Waals surface area contributed by atoms with Gasteiger partial charge in [0.05, 0.1) is 18.8 Å². The standard InChI is InChI=1S/C20H36O2/c1-5-7-15(21)13-22-17-12-18(2,3)16-8-11-19(4)9-6-10-20(16,17)14-19/h15-17,21H,5-14H2,1-4H3/t15-,16?,17?,19?,20?/m0/s1. The third-order valence-corrected chi connectivity index (χ3v) is 7.32. The monoisotopic (exact) mass is 308 g/mol. The number of hydrogen-bond acceptors (Lipinski definition) is 2. The Morgan fingerprint density at radius 3 is 2.68 bits per heavy atom. The highest BCUT2D eigenvalue weighted by molar-refractivity contribution is 5.13. The average Bonchev–Trinajstić information content (AvgIpc) is 2.62. The van der Waals surface area contributed by atoms with E-state index in [0.717, 1.165) is 18.8 Å². The Bertz CT molecular complexity index is 405. The van der Waals surface area contributed by atoms with Gasteiger partial charge in [-0.3, -0.25) is 0 Å². The van der Waals surface area contributed by atoms with Crippen molar-refractivity contribution in [1.82, 2.24) is 0 Å². The van der Waals surface area contributed by atoms with Crippen LogP contribution in [0, 0.1) is 22.2 Å². The highest BCUT2D eigenvalue weighted by Gasteiger charge is 2.63. The van der Waals surface area contributed by atoms with E-state index in [4.69, 9.17) is 4.74 Å². The van der Waals surface area contributed by atoms with E-state index in [-0.39, 0.29) is 6.10 Å². The van der Waals surface area contributed by atoms with Crippen molar-refractivity contribution in [2.75, 3.05) is 6.61 Å². The molecule has 0 aromatic rings. The lowest BCUT2D eigenvalue weighted by Gasteiger charge is -2.56. The average molecular weight is 309 g/mol. The maximum Gasteiger partial charge on any atom is 0.0773 e. The van der Waals surface area contributed by atoms with Crippen molar-refractivity contribution in [3.63, 3.8) is 0 Å². The molecule has 1 N–H and O–H groups in total. The lowest BCUT2D eigenvalue weighted by atomic mass is 9.50. The molecule has 3 aliphatic carbocycles. The number of ether oxygens (including phenoxy) is 1. The summed E-state index contributed by atoms with van der Waals surface area (Å²) < 4.78 is 6.39. The molecule has 0 heterocycles. The molecule has 4 unspecified atom stereocenters. The Morgan fingerprint density at radius 2 is 1.95 bits per heavy atom. The van der Waals surface area contributed by atoms with Gasteiger partial charge in [-0.15, -0.1) is 0 Å². The lowest BCUT2D eigenvalue weighted by molar-refractivity contribution is -0.126. The quantitative estimate of drug-likeness (QED) is 0.779. The van der Waals surface area contributed by atoms with Gasteiger partial charge in [0.1, 0.15) is 0 Å². The highest BCUT2D eigenvalue weighted by Crippen LogP contribution is 2.69. The molecule has 0 aromatic heterocycles. The summed E-state index contributed by atoms with van der Waals surface area (Å²) in [6.07, 6.45) is 11.5. The minimum absolute atomic E-state index is 0.276. The van der Waals surface area contributed by atoms with Gasteiger partial charge in [0, 0.05) is 5.41 Å². The van der Waals surface area contributed by atoms with E-state index in [2.05, 4.69) is 27.7 Å². The topological polar surface area (TPSA) is 29.5 Å². The van der Waals surface area contributed by atoms with Crippen molar-refractivity contribution < 1.29 is 9.84 Å². The molecule has 5 atom stereocenters. The molecule has 3 saturated carbocycles. The van der Waals surface area contributed by atoms with Gasteiger partial charge in [-0.1, -0.05) is 40.5 Å². The number of rotatable bonds is 5. The van der Waals surface area contributed by atoms with Crippen LogP contribution < -0.4 is 0 Å². The second-order valence-electron chi connectivity index (χ2n) is 9.62. The zero-order chi connectivity index (χ0) is 16.0. The van der Waals surface area contributed by atoms with Gasteiger partial charge in [0.25, 0.3) is 0 Å². The second-order valence-corrected chi connectivity index (χ2v) is 9.62. The highest BCUT2D eigenvalue weighted by atomic mass is 16.5. The van der Waals surface area contributed by atoms with Crippen LogP contribution in [-0.4, -0.2) is 23.9 Å². The fraction of sp³-hybridized carbons (Fsp3) is 1.00. The van der Waals surface area contributed by atoms with Crippen molar-refractivity contribution in [3.05, 3.63) is 0 Å². The van der Waals surface area contributed by atoms with Crippen molar-refractivity contribution in [3.8, 4) is 0 Å². The molecular weight excluding hydrogens is 272 g/mol. The summed E-state index contributed by atoms with van der Waals surface area (Å²) >= 11 is 0. The number of aliphatic hydroxyl groups is 1. The molecule has 3 aliphatic rings. The van der Waals surface area contributed by atoms with Gasteiger partial charge < -0.3 is 9.84 Å². The van der Waals surface area contributed by atoms with E-state index in [1.54, 1.807) is 0 Å². The largest absolute Gasteiger partial charge is 0.391 e. The first-order valence-electron chi connectivity index (χ1n) is 9.61. The number of fused-ring (bicyclic) bond motifs is 1. The minimum Gasteiger partial charge on any atom is -0.391 e. The molecule has 0 amide bonds. The normalized spacial score (nSPS) is 44.6. The molecule has 0 saturated heterocycles. The molecule has 2 bridgehead atoms. The van der Waals surface area contributed by atoms with Gasteiger partial charge >= 0.3 is 0 Å². The van der Waals surface area contributed by atoms with Crippen LogP contribution in [0.2, 0.25) is 0 Å². The maximum atomic E-state index is 10.1. The predicted octanol–water partition coefficient (Wildman–Crippen LogP) is 4.94. The molecule has 0 radical (unpaired) electrons. The first-order chi connectivity index (χ1) is 10.3. The van der Waals surface area contributed by atoms with Crippen LogP contribution in [0.1, 0.15) is 85.5 Å². The molecule has 1 spiro atoms. The van der Waals surface area contributed by atoms with Gasteiger partial charge in [-0.05, 0) is 61.7 Å². The van der Waals surface area contributed by atoms with Crippen LogP contribution in [0.5, 0.6) is 0 Å². The lowest BCUT2D eigenvalue weighted by Crippen LogP contribution is -2.49. The van der Waals surface area contributed by atoms with E-state index in [1.165, 1.54) is 44.9 Å². The summed E-state index contributed by atoms with van der Waals surface area (Å²) in [5.74, 6) is 0.821. The van der Waals surface area contributed by atoms with Crippen molar-refractivity contribution in [2.24, 2.45) is 22.2 Å². The summed E-state index contributed by atoms with van der Waals surface area (Å²) in [5.41, 5.74) is 1.36. The summed E-state index contributed by atoms with van der Waals surface area (Å²) in [7, 11) is 0. The molecule has 0 aromatic carbocycles. The molecular formula is C20H36O2. The number of aliphatic hydroxyl groups excluding tert-OH is 1. The second kappa shape index (κ2) is 5.77. The zero-order valence-electron chi connectivity index (χ0n) is 15.2. The number of hydrogen-bond donors (Lipinski definition) is 1. The van der Waals surface area contributed by atoms with Gasteiger partial charge in [0.2, 0.25) is 0 Å². The van der Waals surface area contributed by atoms with Crippen LogP contribution >= 0.6 is 0 Å². The Morgan fingerprint density at radius 1 is 1.18 bits per heavy atom. The predicted molar refractivity (Wildman–Crippen MR) is 90.8 cm³/mol. The van der Waals surface area contributed by atoms with Crippen molar-refractivity contribution in [1.29, 1.82) is 0 Å². The Labute approximate surface area is 137 Å². The Balaban J connectivity index is 1.78. The smallest absolute Gasteiger partial charge is 0.0773 e. The van der Waals surface area contributed by atoms with Gasteiger partial charge in [0.15, 0.2) is 0 Å². The Hall–Kier alpha value is -0.0800. The van der Waals surface area contributed by atoms with Crippen LogP contribution in [0.3, 0.4) is 0 Å². The van der Waals surface area contributed by atoms with Crippen LogP contribution in [0.15, 0.2) is 0 Å². The molecule has 3 rings (SSSR count). The first kappa shape index (κ1) is 16.8. The van der Waals surface area contributed by atoms with E-state index in [9.17, 15) is 5.11 Å². The van der Waals surface area contributed by atoms with Gasteiger partial charge in [-0.25, -0.2) is 0 Å². The summed E-state index contributed by atoms with van der Waals surface area (Å²) in [4.78, 5) is 0. The SMILES string of the molecule is CCC[C@H](O)COC1CC(C)(C)C2CCC3(C)CCCC12C3. The summed E-state index contributed by atoms with van der Waals surface area (Å²) in [6, 6.07) is 0. The third kappa shape index (κ3) is 2.75. The van der Waals surface area contributed by atoms with Crippen molar-refractivity contribution in [2.45, 2.75) is 97.7 Å². The van der Waals surface area contributed by atoms with E-state index >= 15 is 0 Å². The van der Waals surface area contributed by atoms with Crippen LogP contribution in [0.25, 0.3) is 0 Å².